The van der Waals surface area contributed by atoms with E-state index in [0.29, 0.717) is 6.04 Å². The van der Waals surface area contributed by atoms with Crippen molar-refractivity contribution in [1.29, 1.82) is 0 Å². The van der Waals surface area contributed by atoms with Gasteiger partial charge in [0, 0.05) is 24.5 Å². The molecular weight excluding hydrogens is 252 g/mol. The lowest BCUT2D eigenvalue weighted by Crippen LogP contribution is -2.25. The van der Waals surface area contributed by atoms with Gasteiger partial charge in [0.25, 0.3) is 0 Å². The molecule has 2 N–H and O–H groups in total. The van der Waals surface area contributed by atoms with Gasteiger partial charge in [-0.25, -0.2) is 0 Å². The summed E-state index contributed by atoms with van der Waals surface area (Å²) in [5.41, 5.74) is 1.96. The average Bonchev–Trinajstić information content (AvgIpc) is 3.04. The van der Waals surface area contributed by atoms with Gasteiger partial charge in [-0.2, -0.15) is 0 Å². The lowest BCUT2D eigenvalue weighted by atomic mass is 9.95. The van der Waals surface area contributed by atoms with Crippen molar-refractivity contribution in [2.45, 2.75) is 31.7 Å². The van der Waals surface area contributed by atoms with Crippen LogP contribution in [0.4, 0.5) is 11.4 Å². The second-order valence-electron chi connectivity index (χ2n) is 5.98. The molecule has 4 nitrogen and oxygen atoms in total. The van der Waals surface area contributed by atoms with Crippen molar-refractivity contribution in [2.75, 3.05) is 24.4 Å². The van der Waals surface area contributed by atoms with Crippen LogP contribution in [0.2, 0.25) is 0 Å². The van der Waals surface area contributed by atoms with E-state index in [2.05, 4.69) is 10.6 Å². The summed E-state index contributed by atoms with van der Waals surface area (Å²) in [6.45, 7) is 0.0884. The Labute approximate surface area is 119 Å². The zero-order chi connectivity index (χ0) is 13.9. The minimum Gasteiger partial charge on any atom is -0.382 e. The van der Waals surface area contributed by atoms with Crippen LogP contribution in [0.1, 0.15) is 25.7 Å². The number of rotatable bonds is 5. The molecule has 4 heteroatoms. The first kappa shape index (κ1) is 13.4. The summed E-state index contributed by atoms with van der Waals surface area (Å²) in [4.78, 5) is 11.4. The van der Waals surface area contributed by atoms with E-state index in [9.17, 15) is 4.79 Å². The van der Waals surface area contributed by atoms with Gasteiger partial charge < -0.3 is 15.4 Å². The molecule has 1 aromatic carbocycles. The van der Waals surface area contributed by atoms with Gasteiger partial charge in [-0.1, -0.05) is 6.42 Å². The fourth-order valence-corrected chi connectivity index (χ4v) is 3.61. The summed E-state index contributed by atoms with van der Waals surface area (Å²) >= 11 is 0. The standard InChI is InChI=1S/C16H22N2O2/c1-20-10-16(19)18-14-6-4-13(5-7-14)17-15-9-11-2-3-12(15)8-11/h4-7,11-12,15,17H,2-3,8-10H2,1H3,(H,18,19). The molecule has 2 aliphatic rings. The van der Waals surface area contributed by atoms with Crippen LogP contribution in [-0.2, 0) is 9.53 Å². The summed E-state index contributed by atoms with van der Waals surface area (Å²) in [5.74, 6) is 1.69. The minimum atomic E-state index is -0.124. The van der Waals surface area contributed by atoms with Gasteiger partial charge in [0.1, 0.15) is 6.61 Å². The quantitative estimate of drug-likeness (QED) is 0.868. The van der Waals surface area contributed by atoms with Crippen LogP contribution in [0.15, 0.2) is 24.3 Å². The molecule has 0 heterocycles. The highest BCUT2D eigenvalue weighted by Crippen LogP contribution is 2.45. The third kappa shape index (κ3) is 2.96. The topological polar surface area (TPSA) is 50.4 Å². The molecule has 2 bridgehead atoms. The van der Waals surface area contributed by atoms with E-state index in [0.717, 1.165) is 23.2 Å². The molecule has 108 valence electrons. The van der Waals surface area contributed by atoms with Crippen molar-refractivity contribution in [3.63, 3.8) is 0 Å². The molecule has 3 atom stereocenters. The third-order valence-electron chi connectivity index (χ3n) is 4.53. The number of carbonyl (C=O) groups excluding carboxylic acids is 1. The van der Waals surface area contributed by atoms with E-state index in [-0.39, 0.29) is 12.5 Å². The maximum Gasteiger partial charge on any atom is 0.250 e. The second kappa shape index (κ2) is 5.83. The lowest BCUT2D eigenvalue weighted by Gasteiger charge is -2.24. The predicted octanol–water partition coefficient (Wildman–Crippen LogP) is 2.87. The lowest BCUT2D eigenvalue weighted by molar-refractivity contribution is -0.119. The number of hydrogen-bond acceptors (Lipinski definition) is 3. The molecule has 0 spiro atoms. The fourth-order valence-electron chi connectivity index (χ4n) is 3.61. The summed E-state index contributed by atoms with van der Waals surface area (Å²) in [6, 6.07) is 8.58. The van der Waals surface area contributed by atoms with Crippen molar-refractivity contribution in [3.05, 3.63) is 24.3 Å². The number of ether oxygens (including phenoxy) is 1. The maximum atomic E-state index is 11.4. The molecule has 2 fully saturated rings. The van der Waals surface area contributed by atoms with Gasteiger partial charge in [0.15, 0.2) is 0 Å². The first-order valence-corrected chi connectivity index (χ1v) is 7.40. The van der Waals surface area contributed by atoms with Crippen LogP contribution in [0.25, 0.3) is 0 Å². The normalized spacial score (nSPS) is 27.6. The van der Waals surface area contributed by atoms with Gasteiger partial charge in [0.2, 0.25) is 5.91 Å². The van der Waals surface area contributed by atoms with E-state index in [1.807, 2.05) is 24.3 Å². The number of methoxy groups -OCH3 is 1. The first-order valence-electron chi connectivity index (χ1n) is 7.40. The predicted molar refractivity (Wildman–Crippen MR) is 79.8 cm³/mol. The zero-order valence-electron chi connectivity index (χ0n) is 11.9. The molecule has 20 heavy (non-hydrogen) atoms. The summed E-state index contributed by atoms with van der Waals surface area (Å²) in [7, 11) is 1.52. The van der Waals surface area contributed by atoms with E-state index in [1.165, 1.54) is 32.8 Å². The number of carbonyl (C=O) groups is 1. The Kier molecular flexibility index (Phi) is 3.92. The number of amides is 1. The smallest absolute Gasteiger partial charge is 0.250 e. The van der Waals surface area contributed by atoms with E-state index < -0.39 is 0 Å². The molecular formula is C16H22N2O2. The highest BCUT2D eigenvalue weighted by molar-refractivity contribution is 5.91. The average molecular weight is 274 g/mol. The summed E-state index contributed by atoms with van der Waals surface area (Å²) in [6.07, 6.45) is 5.53. The fraction of sp³-hybridized carbons (Fsp3) is 0.562. The zero-order valence-corrected chi connectivity index (χ0v) is 11.9. The van der Waals surface area contributed by atoms with Crippen molar-refractivity contribution < 1.29 is 9.53 Å². The van der Waals surface area contributed by atoms with Crippen molar-refractivity contribution >= 4 is 17.3 Å². The monoisotopic (exact) mass is 274 g/mol. The molecule has 3 unspecified atom stereocenters. The van der Waals surface area contributed by atoms with Crippen LogP contribution in [0.5, 0.6) is 0 Å². The second-order valence-corrected chi connectivity index (χ2v) is 5.98. The first-order chi connectivity index (χ1) is 9.74. The third-order valence-corrected chi connectivity index (χ3v) is 4.53. The van der Waals surface area contributed by atoms with Crippen molar-refractivity contribution in [3.8, 4) is 0 Å². The Morgan fingerprint density at radius 2 is 1.95 bits per heavy atom. The van der Waals surface area contributed by atoms with Gasteiger partial charge in [0.05, 0.1) is 0 Å². The van der Waals surface area contributed by atoms with E-state index in [1.54, 1.807) is 0 Å². The number of nitrogens with one attached hydrogen (secondary N) is 2. The number of fused-ring (bicyclic) bond motifs is 2. The van der Waals surface area contributed by atoms with E-state index >= 15 is 0 Å². The number of anilines is 2. The highest BCUT2D eigenvalue weighted by atomic mass is 16.5. The molecule has 1 aromatic rings. The van der Waals surface area contributed by atoms with Gasteiger partial charge in [-0.05, 0) is 55.4 Å². The Morgan fingerprint density at radius 3 is 2.55 bits per heavy atom. The Bertz CT molecular complexity index is 472. The molecule has 1 amide bonds. The molecule has 2 saturated carbocycles. The highest BCUT2D eigenvalue weighted by Gasteiger charge is 2.39. The molecule has 3 rings (SSSR count). The van der Waals surface area contributed by atoms with Gasteiger partial charge >= 0.3 is 0 Å². The van der Waals surface area contributed by atoms with Crippen LogP contribution >= 0.6 is 0 Å². The largest absolute Gasteiger partial charge is 0.382 e. The maximum absolute atomic E-state index is 11.4. The van der Waals surface area contributed by atoms with Crippen molar-refractivity contribution in [2.24, 2.45) is 11.8 Å². The Morgan fingerprint density at radius 1 is 1.20 bits per heavy atom. The summed E-state index contributed by atoms with van der Waals surface area (Å²) in [5, 5.41) is 6.44. The minimum absolute atomic E-state index is 0.0884. The van der Waals surface area contributed by atoms with E-state index in [4.69, 9.17) is 4.74 Å². The molecule has 0 aliphatic heterocycles. The molecule has 0 saturated heterocycles. The summed E-state index contributed by atoms with van der Waals surface area (Å²) < 4.78 is 4.79. The van der Waals surface area contributed by atoms with Crippen LogP contribution in [0.3, 0.4) is 0 Å². The SMILES string of the molecule is COCC(=O)Nc1ccc(NC2CC3CCC2C3)cc1. The van der Waals surface area contributed by atoms with Crippen molar-refractivity contribution in [1.82, 2.24) is 0 Å². The van der Waals surface area contributed by atoms with Gasteiger partial charge in [-0.15, -0.1) is 0 Å². The van der Waals surface area contributed by atoms with Gasteiger partial charge in [-0.3, -0.25) is 4.79 Å². The number of benzene rings is 1. The Hall–Kier alpha value is -1.55. The van der Waals surface area contributed by atoms with Crippen LogP contribution in [0, 0.1) is 11.8 Å². The Balaban J connectivity index is 1.55. The van der Waals surface area contributed by atoms with Crippen LogP contribution in [-0.4, -0.2) is 25.7 Å². The van der Waals surface area contributed by atoms with Crippen LogP contribution < -0.4 is 10.6 Å². The number of hydrogen-bond donors (Lipinski definition) is 2. The molecule has 2 aliphatic carbocycles. The molecule has 0 radical (unpaired) electrons. The molecule has 0 aromatic heterocycles.